The molecular formula is C8H17FN2O. The average molecular weight is 176 g/mol. The van der Waals surface area contributed by atoms with Gasteiger partial charge >= 0.3 is 0 Å². The van der Waals surface area contributed by atoms with Gasteiger partial charge in [0.2, 0.25) is 5.91 Å². The first kappa shape index (κ1) is 11.4. The fourth-order valence-corrected chi connectivity index (χ4v) is 0.845. The van der Waals surface area contributed by atoms with E-state index in [1.165, 1.54) is 0 Å². The summed E-state index contributed by atoms with van der Waals surface area (Å²) in [6.07, 6.45) is 0. The maximum Gasteiger partial charge on any atom is 0.239 e. The van der Waals surface area contributed by atoms with Gasteiger partial charge in [-0.25, -0.2) is 4.39 Å². The number of halogens is 1. The topological polar surface area (TPSA) is 32.3 Å². The molecule has 0 aromatic heterocycles. The second-order valence-electron chi connectivity index (χ2n) is 2.72. The average Bonchev–Trinajstić information content (AvgIpc) is 2.11. The number of rotatable bonds is 5. The molecule has 1 N–H and O–H groups in total. The van der Waals surface area contributed by atoms with E-state index in [2.05, 4.69) is 5.32 Å². The molecule has 0 bridgehead atoms. The van der Waals surface area contributed by atoms with E-state index in [1.54, 1.807) is 18.9 Å². The quantitative estimate of drug-likeness (QED) is 0.658. The van der Waals surface area contributed by atoms with E-state index in [0.717, 1.165) is 0 Å². The molecule has 3 nitrogen and oxygen atoms in total. The molecule has 0 aliphatic rings. The number of hydrogen-bond donors (Lipinski definition) is 1. The van der Waals surface area contributed by atoms with E-state index >= 15 is 0 Å². The molecule has 0 aromatic rings. The normalized spacial score (nSPS) is 12.7. The Morgan fingerprint density at radius 2 is 2.25 bits per heavy atom. The lowest BCUT2D eigenvalue weighted by molar-refractivity contribution is -0.131. The first-order chi connectivity index (χ1) is 5.63. The Labute approximate surface area is 72.9 Å². The lowest BCUT2D eigenvalue weighted by Crippen LogP contribution is -2.43. The molecule has 0 radical (unpaired) electrons. The number of amides is 1. The lowest BCUT2D eigenvalue weighted by atomic mass is 10.3. The van der Waals surface area contributed by atoms with Crippen molar-refractivity contribution >= 4 is 5.91 Å². The molecule has 1 atom stereocenters. The fourth-order valence-electron chi connectivity index (χ4n) is 0.845. The minimum absolute atomic E-state index is 0.00551. The molecule has 72 valence electrons. The number of alkyl halides is 1. The Hall–Kier alpha value is -0.640. The van der Waals surface area contributed by atoms with Gasteiger partial charge < -0.3 is 10.2 Å². The van der Waals surface area contributed by atoms with Gasteiger partial charge in [-0.2, -0.15) is 0 Å². The molecule has 0 aliphatic carbocycles. The van der Waals surface area contributed by atoms with Crippen LogP contribution in [-0.2, 0) is 4.79 Å². The van der Waals surface area contributed by atoms with Crippen molar-refractivity contribution in [2.75, 3.05) is 26.8 Å². The summed E-state index contributed by atoms with van der Waals surface area (Å²) in [5.41, 5.74) is 0. The maximum absolute atomic E-state index is 11.7. The van der Waals surface area contributed by atoms with Crippen LogP contribution in [0.4, 0.5) is 4.39 Å². The summed E-state index contributed by atoms with van der Waals surface area (Å²) in [5, 5.41) is 2.78. The third-order valence-corrected chi connectivity index (χ3v) is 1.77. The molecule has 1 unspecified atom stereocenters. The Kier molecular flexibility index (Phi) is 5.62. The van der Waals surface area contributed by atoms with Crippen molar-refractivity contribution in [1.29, 1.82) is 0 Å². The van der Waals surface area contributed by atoms with Crippen LogP contribution >= 0.6 is 0 Å². The smallest absolute Gasteiger partial charge is 0.239 e. The largest absolute Gasteiger partial charge is 0.345 e. The number of likely N-dealkylation sites (N-methyl/N-ethyl adjacent to an activating group) is 1. The van der Waals surface area contributed by atoms with Crippen molar-refractivity contribution in [3.05, 3.63) is 0 Å². The SMILES string of the molecule is CCN(C)C(=O)C(C)NCCF. The highest BCUT2D eigenvalue weighted by molar-refractivity contribution is 5.81. The van der Waals surface area contributed by atoms with Crippen molar-refractivity contribution in [2.24, 2.45) is 0 Å². The molecule has 0 aromatic carbocycles. The number of nitrogens with zero attached hydrogens (tertiary/aromatic N) is 1. The molecule has 0 saturated heterocycles. The molecule has 0 rings (SSSR count). The monoisotopic (exact) mass is 176 g/mol. The second-order valence-corrected chi connectivity index (χ2v) is 2.72. The number of carbonyl (C=O) groups is 1. The van der Waals surface area contributed by atoms with Crippen LogP contribution in [0.25, 0.3) is 0 Å². The van der Waals surface area contributed by atoms with Crippen LogP contribution < -0.4 is 5.32 Å². The van der Waals surface area contributed by atoms with Crippen molar-refractivity contribution in [1.82, 2.24) is 10.2 Å². The van der Waals surface area contributed by atoms with Crippen LogP contribution in [-0.4, -0.2) is 43.7 Å². The molecular weight excluding hydrogens is 159 g/mol. The molecule has 0 heterocycles. The summed E-state index contributed by atoms with van der Waals surface area (Å²) in [7, 11) is 1.73. The molecule has 0 aliphatic heterocycles. The van der Waals surface area contributed by atoms with Crippen molar-refractivity contribution in [2.45, 2.75) is 19.9 Å². The highest BCUT2D eigenvalue weighted by Gasteiger charge is 2.14. The number of hydrogen-bond acceptors (Lipinski definition) is 2. The molecule has 0 saturated carbocycles. The van der Waals surface area contributed by atoms with Crippen LogP contribution in [0.1, 0.15) is 13.8 Å². The molecule has 12 heavy (non-hydrogen) atoms. The third-order valence-electron chi connectivity index (χ3n) is 1.77. The third kappa shape index (κ3) is 3.67. The molecule has 4 heteroatoms. The fraction of sp³-hybridized carbons (Fsp3) is 0.875. The first-order valence-electron chi connectivity index (χ1n) is 4.17. The van der Waals surface area contributed by atoms with Crippen molar-refractivity contribution in [3.8, 4) is 0 Å². The highest BCUT2D eigenvalue weighted by atomic mass is 19.1. The zero-order chi connectivity index (χ0) is 9.56. The number of carbonyl (C=O) groups excluding carboxylic acids is 1. The maximum atomic E-state index is 11.7. The van der Waals surface area contributed by atoms with E-state index in [-0.39, 0.29) is 18.5 Å². The Morgan fingerprint density at radius 3 is 2.67 bits per heavy atom. The Morgan fingerprint density at radius 1 is 1.67 bits per heavy atom. The summed E-state index contributed by atoms with van der Waals surface area (Å²) >= 11 is 0. The summed E-state index contributed by atoms with van der Waals surface area (Å²) in [6, 6.07) is -0.286. The predicted octanol–water partition coefficient (Wildman–Crippen LogP) is 0.412. The van der Waals surface area contributed by atoms with Gasteiger partial charge in [0.05, 0.1) is 6.04 Å². The van der Waals surface area contributed by atoms with Crippen LogP contribution in [0.3, 0.4) is 0 Å². The lowest BCUT2D eigenvalue weighted by Gasteiger charge is -2.19. The second kappa shape index (κ2) is 5.94. The molecule has 0 fully saturated rings. The Balaban J connectivity index is 3.75. The van der Waals surface area contributed by atoms with Gasteiger partial charge in [-0.3, -0.25) is 4.79 Å². The minimum Gasteiger partial charge on any atom is -0.345 e. The van der Waals surface area contributed by atoms with Crippen LogP contribution in [0.5, 0.6) is 0 Å². The first-order valence-corrected chi connectivity index (χ1v) is 4.17. The van der Waals surface area contributed by atoms with E-state index in [4.69, 9.17) is 0 Å². The van der Waals surface area contributed by atoms with Gasteiger partial charge in [0.15, 0.2) is 0 Å². The zero-order valence-electron chi connectivity index (χ0n) is 7.93. The minimum atomic E-state index is -0.437. The van der Waals surface area contributed by atoms with Gasteiger partial charge in [-0.05, 0) is 13.8 Å². The zero-order valence-corrected chi connectivity index (χ0v) is 7.93. The summed E-state index contributed by atoms with van der Waals surface area (Å²) in [4.78, 5) is 12.9. The molecule has 0 spiro atoms. The van der Waals surface area contributed by atoms with Gasteiger partial charge in [0.1, 0.15) is 6.67 Å². The van der Waals surface area contributed by atoms with Gasteiger partial charge in [0, 0.05) is 20.1 Å². The Bertz CT molecular complexity index is 141. The standard InChI is InChI=1S/C8H17FN2O/c1-4-11(3)8(12)7(2)10-6-5-9/h7,10H,4-6H2,1-3H3. The van der Waals surface area contributed by atoms with Gasteiger partial charge in [-0.1, -0.05) is 0 Å². The van der Waals surface area contributed by atoms with E-state index in [0.29, 0.717) is 6.54 Å². The van der Waals surface area contributed by atoms with Gasteiger partial charge in [-0.15, -0.1) is 0 Å². The predicted molar refractivity (Wildman–Crippen MR) is 46.8 cm³/mol. The van der Waals surface area contributed by atoms with Crippen molar-refractivity contribution < 1.29 is 9.18 Å². The van der Waals surface area contributed by atoms with Crippen LogP contribution in [0, 0.1) is 0 Å². The molecule has 1 amide bonds. The van der Waals surface area contributed by atoms with E-state index in [9.17, 15) is 9.18 Å². The highest BCUT2D eigenvalue weighted by Crippen LogP contribution is 1.90. The summed E-state index contributed by atoms with van der Waals surface area (Å²) in [5.74, 6) is 0.00551. The van der Waals surface area contributed by atoms with Crippen molar-refractivity contribution in [3.63, 3.8) is 0 Å². The number of nitrogens with one attached hydrogen (secondary N) is 1. The van der Waals surface area contributed by atoms with Gasteiger partial charge in [0.25, 0.3) is 0 Å². The van der Waals surface area contributed by atoms with Crippen LogP contribution in [0.15, 0.2) is 0 Å². The van der Waals surface area contributed by atoms with E-state index in [1.807, 2.05) is 6.92 Å². The summed E-state index contributed by atoms with van der Waals surface area (Å²) in [6.45, 7) is 4.13. The van der Waals surface area contributed by atoms with Crippen LogP contribution in [0.2, 0.25) is 0 Å². The van der Waals surface area contributed by atoms with E-state index < -0.39 is 6.67 Å². The summed E-state index contributed by atoms with van der Waals surface area (Å²) < 4.78 is 11.7.